The average molecular weight is 283 g/mol. The van der Waals surface area contributed by atoms with Crippen LogP contribution in [0.1, 0.15) is 11.1 Å². The van der Waals surface area contributed by atoms with Crippen LogP contribution in [0.25, 0.3) is 0 Å². The van der Waals surface area contributed by atoms with Gasteiger partial charge in [-0.25, -0.2) is 8.78 Å². The largest absolute Gasteiger partial charge is 0.480 e. The summed E-state index contributed by atoms with van der Waals surface area (Å²) in [5, 5.41) is 11.1. The van der Waals surface area contributed by atoms with Crippen LogP contribution in [-0.2, 0) is 17.4 Å². The first-order valence-electron chi connectivity index (χ1n) is 5.12. The van der Waals surface area contributed by atoms with Gasteiger partial charge in [0.25, 0.3) is 0 Å². The van der Waals surface area contributed by atoms with E-state index in [0.717, 1.165) is 0 Å². The maximum Gasteiger partial charge on any atom is 0.422 e. The van der Waals surface area contributed by atoms with E-state index in [9.17, 15) is 26.7 Å². The molecule has 0 aliphatic carbocycles. The Labute approximate surface area is 105 Å². The molecule has 0 spiro atoms. The fourth-order valence-electron chi connectivity index (χ4n) is 1.56. The molecular formula is C11H10F5NO2. The molecule has 0 aliphatic rings. The molecule has 8 heteroatoms. The third-order valence-corrected chi connectivity index (χ3v) is 2.47. The highest BCUT2D eigenvalue weighted by Gasteiger charge is 2.38. The van der Waals surface area contributed by atoms with Crippen molar-refractivity contribution < 1.29 is 31.9 Å². The van der Waals surface area contributed by atoms with Crippen molar-refractivity contribution >= 4 is 5.97 Å². The fourth-order valence-corrected chi connectivity index (χ4v) is 1.56. The number of carboxylic acids is 1. The van der Waals surface area contributed by atoms with E-state index >= 15 is 0 Å². The van der Waals surface area contributed by atoms with Crippen LogP contribution in [-0.4, -0.2) is 24.2 Å². The maximum absolute atomic E-state index is 13.2. The molecule has 0 bridgehead atoms. The first-order chi connectivity index (χ1) is 8.66. The lowest BCUT2D eigenvalue weighted by atomic mass is 10.0. The van der Waals surface area contributed by atoms with Gasteiger partial charge >= 0.3 is 12.1 Å². The summed E-state index contributed by atoms with van der Waals surface area (Å²) in [6.07, 6.45) is -5.47. The predicted molar refractivity (Wildman–Crippen MR) is 55.5 cm³/mol. The first-order valence-corrected chi connectivity index (χ1v) is 5.12. The minimum absolute atomic E-state index is 0.176. The third kappa shape index (κ3) is 3.63. The van der Waals surface area contributed by atoms with Crippen molar-refractivity contribution in [2.75, 3.05) is 7.05 Å². The van der Waals surface area contributed by atoms with E-state index in [-0.39, 0.29) is 12.0 Å². The van der Waals surface area contributed by atoms with Gasteiger partial charge in [-0.15, -0.1) is 0 Å². The minimum Gasteiger partial charge on any atom is -0.480 e. The molecule has 19 heavy (non-hydrogen) atoms. The number of alkyl halides is 3. The SMILES string of the molecule is CNC(Cc1cc(F)c(C(F)(F)F)c(F)c1)C(=O)O. The molecule has 106 valence electrons. The molecule has 0 amide bonds. The number of hydrogen-bond donors (Lipinski definition) is 2. The van der Waals surface area contributed by atoms with Gasteiger partial charge in [-0.1, -0.05) is 0 Å². The normalized spacial score (nSPS) is 13.4. The number of carboxylic acid groups (broad SMARTS) is 1. The van der Waals surface area contributed by atoms with Gasteiger partial charge in [0.15, 0.2) is 0 Å². The second-order valence-corrected chi connectivity index (χ2v) is 3.82. The van der Waals surface area contributed by atoms with Crippen molar-refractivity contribution in [3.05, 3.63) is 34.9 Å². The van der Waals surface area contributed by atoms with E-state index in [4.69, 9.17) is 5.11 Å². The Balaban J connectivity index is 3.11. The van der Waals surface area contributed by atoms with Gasteiger partial charge in [-0.3, -0.25) is 4.79 Å². The van der Waals surface area contributed by atoms with Crippen molar-refractivity contribution in [3.63, 3.8) is 0 Å². The van der Waals surface area contributed by atoms with Crippen molar-refractivity contribution in [2.24, 2.45) is 0 Å². The zero-order valence-electron chi connectivity index (χ0n) is 9.68. The number of nitrogens with one attached hydrogen (secondary N) is 1. The van der Waals surface area contributed by atoms with Crippen LogP contribution in [0.4, 0.5) is 22.0 Å². The zero-order chi connectivity index (χ0) is 14.8. The van der Waals surface area contributed by atoms with Crippen LogP contribution >= 0.6 is 0 Å². The number of likely N-dealkylation sites (N-methyl/N-ethyl adjacent to an activating group) is 1. The number of aliphatic carboxylic acids is 1. The Kier molecular flexibility index (Phi) is 4.46. The van der Waals surface area contributed by atoms with Crippen molar-refractivity contribution in [2.45, 2.75) is 18.6 Å². The molecule has 0 fully saturated rings. The van der Waals surface area contributed by atoms with E-state index in [1.807, 2.05) is 0 Å². The molecule has 0 aliphatic heterocycles. The minimum atomic E-state index is -5.14. The lowest BCUT2D eigenvalue weighted by Gasteiger charge is -2.14. The average Bonchev–Trinajstić information content (AvgIpc) is 2.22. The molecule has 1 atom stereocenters. The lowest BCUT2D eigenvalue weighted by molar-refractivity contribution is -0.142. The number of rotatable bonds is 4. The topological polar surface area (TPSA) is 49.3 Å². The van der Waals surface area contributed by atoms with Gasteiger partial charge in [0.1, 0.15) is 23.2 Å². The molecular weight excluding hydrogens is 273 g/mol. The van der Waals surface area contributed by atoms with Crippen LogP contribution < -0.4 is 5.32 Å². The smallest absolute Gasteiger partial charge is 0.422 e. The number of hydrogen-bond acceptors (Lipinski definition) is 2. The van der Waals surface area contributed by atoms with E-state index in [1.165, 1.54) is 7.05 Å². The van der Waals surface area contributed by atoms with Crippen molar-refractivity contribution in [1.29, 1.82) is 0 Å². The second-order valence-electron chi connectivity index (χ2n) is 3.82. The van der Waals surface area contributed by atoms with Gasteiger partial charge in [0.05, 0.1) is 0 Å². The highest BCUT2D eigenvalue weighted by molar-refractivity contribution is 5.73. The molecule has 1 unspecified atom stereocenters. The van der Waals surface area contributed by atoms with Crippen LogP contribution in [0.3, 0.4) is 0 Å². The van der Waals surface area contributed by atoms with Crippen molar-refractivity contribution in [1.82, 2.24) is 5.32 Å². The first kappa shape index (κ1) is 15.4. The van der Waals surface area contributed by atoms with E-state index in [0.29, 0.717) is 12.1 Å². The maximum atomic E-state index is 13.2. The molecule has 0 saturated heterocycles. The summed E-state index contributed by atoms with van der Waals surface area (Å²) in [6.45, 7) is 0. The van der Waals surface area contributed by atoms with Gasteiger partial charge < -0.3 is 10.4 Å². The van der Waals surface area contributed by atoms with Crippen LogP contribution in [0.5, 0.6) is 0 Å². The monoisotopic (exact) mass is 283 g/mol. The van der Waals surface area contributed by atoms with E-state index in [2.05, 4.69) is 5.32 Å². The zero-order valence-corrected chi connectivity index (χ0v) is 9.68. The summed E-state index contributed by atoms with van der Waals surface area (Å²) in [5.74, 6) is -4.80. The molecule has 0 saturated carbocycles. The third-order valence-electron chi connectivity index (χ3n) is 2.47. The predicted octanol–water partition coefficient (Wildman–Crippen LogP) is 2.20. The van der Waals surface area contributed by atoms with E-state index < -0.39 is 35.4 Å². The Morgan fingerprint density at radius 2 is 1.79 bits per heavy atom. The number of halogens is 5. The molecule has 0 heterocycles. The quantitative estimate of drug-likeness (QED) is 0.833. The van der Waals surface area contributed by atoms with E-state index in [1.54, 1.807) is 0 Å². The lowest BCUT2D eigenvalue weighted by Crippen LogP contribution is -2.35. The van der Waals surface area contributed by atoms with Crippen LogP contribution in [0.15, 0.2) is 12.1 Å². The number of carbonyl (C=O) groups is 1. The van der Waals surface area contributed by atoms with Gasteiger partial charge in [0.2, 0.25) is 0 Å². The summed E-state index contributed by atoms with van der Waals surface area (Å²) < 4.78 is 63.4. The summed E-state index contributed by atoms with van der Waals surface area (Å²) in [7, 11) is 1.32. The molecule has 3 nitrogen and oxygen atoms in total. The van der Waals surface area contributed by atoms with Gasteiger partial charge in [0, 0.05) is 0 Å². The Morgan fingerprint density at radius 1 is 1.32 bits per heavy atom. The standard InChI is InChI=1S/C11H10F5NO2/c1-17-8(10(18)19)4-5-2-6(12)9(7(13)3-5)11(14,15)16/h2-3,8,17H,4H2,1H3,(H,18,19). The second kappa shape index (κ2) is 5.52. The van der Waals surface area contributed by atoms with Crippen LogP contribution in [0, 0.1) is 11.6 Å². The molecule has 0 radical (unpaired) electrons. The molecule has 1 aromatic rings. The summed E-state index contributed by atoms with van der Waals surface area (Å²) >= 11 is 0. The summed E-state index contributed by atoms with van der Waals surface area (Å²) in [5.41, 5.74) is -2.16. The molecule has 1 rings (SSSR count). The van der Waals surface area contributed by atoms with Crippen LogP contribution in [0.2, 0.25) is 0 Å². The van der Waals surface area contributed by atoms with Gasteiger partial charge in [-0.2, -0.15) is 13.2 Å². The Hall–Kier alpha value is -1.70. The summed E-state index contributed by atoms with van der Waals surface area (Å²) in [6, 6.07) is -0.172. The fraction of sp³-hybridized carbons (Fsp3) is 0.364. The molecule has 0 aromatic heterocycles. The highest BCUT2D eigenvalue weighted by Crippen LogP contribution is 2.34. The van der Waals surface area contributed by atoms with Crippen molar-refractivity contribution in [3.8, 4) is 0 Å². The summed E-state index contributed by atoms with van der Waals surface area (Å²) in [4.78, 5) is 10.7. The highest BCUT2D eigenvalue weighted by atomic mass is 19.4. The Bertz CT molecular complexity index is 463. The Morgan fingerprint density at radius 3 is 2.11 bits per heavy atom. The molecule has 1 aromatic carbocycles. The number of benzene rings is 1. The molecule has 2 N–H and O–H groups in total. The van der Waals surface area contributed by atoms with Gasteiger partial charge in [-0.05, 0) is 31.2 Å².